The van der Waals surface area contributed by atoms with Crippen molar-refractivity contribution in [3.63, 3.8) is 0 Å². The monoisotopic (exact) mass is 354 g/mol. The Hall–Kier alpha value is -2.15. The first-order valence-corrected chi connectivity index (χ1v) is 8.14. The highest BCUT2D eigenvalue weighted by atomic mass is 35.5. The molecule has 1 fully saturated rings. The molecule has 7 nitrogen and oxygen atoms in total. The van der Waals surface area contributed by atoms with Crippen LogP contribution in [0.4, 0.5) is 5.69 Å². The maximum Gasteiger partial charge on any atom is 0.345 e. The summed E-state index contributed by atoms with van der Waals surface area (Å²) in [5.41, 5.74) is -0.668. The molecule has 0 saturated heterocycles. The van der Waals surface area contributed by atoms with E-state index in [9.17, 15) is 19.7 Å². The van der Waals surface area contributed by atoms with Gasteiger partial charge < -0.3 is 9.64 Å². The highest BCUT2D eigenvalue weighted by Crippen LogP contribution is 2.24. The van der Waals surface area contributed by atoms with E-state index in [-0.39, 0.29) is 22.5 Å². The second-order valence-corrected chi connectivity index (χ2v) is 6.23. The van der Waals surface area contributed by atoms with Crippen LogP contribution in [0.2, 0.25) is 5.02 Å². The summed E-state index contributed by atoms with van der Waals surface area (Å²) in [5.74, 6) is -1.23. The number of hydrogen-bond acceptors (Lipinski definition) is 5. The van der Waals surface area contributed by atoms with Gasteiger partial charge in [-0.3, -0.25) is 14.9 Å². The van der Waals surface area contributed by atoms with E-state index in [2.05, 4.69) is 0 Å². The molecule has 0 aliphatic heterocycles. The van der Waals surface area contributed by atoms with Crippen molar-refractivity contribution >= 4 is 29.2 Å². The van der Waals surface area contributed by atoms with E-state index >= 15 is 0 Å². The number of nitro groups is 1. The number of nitrogens with zero attached hydrogens (tertiary/aromatic N) is 2. The first-order chi connectivity index (χ1) is 11.4. The number of halogens is 1. The van der Waals surface area contributed by atoms with Crippen molar-refractivity contribution in [2.24, 2.45) is 0 Å². The number of likely N-dealkylation sites (N-methyl/N-ethyl adjacent to an activating group) is 1. The number of hydrogen-bond donors (Lipinski definition) is 0. The largest absolute Gasteiger partial charge is 0.452 e. The van der Waals surface area contributed by atoms with Crippen LogP contribution >= 0.6 is 11.6 Å². The van der Waals surface area contributed by atoms with E-state index in [1.807, 2.05) is 0 Å². The first kappa shape index (κ1) is 18.2. The van der Waals surface area contributed by atoms with Crippen LogP contribution in [0.1, 0.15) is 42.5 Å². The van der Waals surface area contributed by atoms with Crippen molar-refractivity contribution < 1.29 is 19.2 Å². The molecule has 24 heavy (non-hydrogen) atoms. The lowest BCUT2D eigenvalue weighted by molar-refractivity contribution is -0.385. The lowest BCUT2D eigenvalue weighted by Gasteiger charge is -2.31. The Labute approximate surface area is 144 Å². The maximum atomic E-state index is 12.1. The number of nitro benzene ring substituents is 1. The van der Waals surface area contributed by atoms with Crippen molar-refractivity contribution in [2.45, 2.75) is 38.1 Å². The zero-order valence-corrected chi connectivity index (χ0v) is 14.1. The second-order valence-electron chi connectivity index (χ2n) is 5.79. The van der Waals surface area contributed by atoms with Crippen molar-refractivity contribution in [3.05, 3.63) is 38.9 Å². The molecule has 8 heteroatoms. The van der Waals surface area contributed by atoms with Crippen LogP contribution < -0.4 is 0 Å². The van der Waals surface area contributed by atoms with Crippen LogP contribution in [0.5, 0.6) is 0 Å². The number of esters is 1. The van der Waals surface area contributed by atoms with Crippen LogP contribution in [-0.4, -0.2) is 41.4 Å². The molecular formula is C16H19ClN2O5. The fourth-order valence-electron chi connectivity index (χ4n) is 2.81. The number of rotatable bonds is 5. The predicted molar refractivity (Wildman–Crippen MR) is 88.0 cm³/mol. The summed E-state index contributed by atoms with van der Waals surface area (Å²) in [4.78, 5) is 36.1. The highest BCUT2D eigenvalue weighted by molar-refractivity contribution is 6.31. The quantitative estimate of drug-likeness (QED) is 0.460. The van der Waals surface area contributed by atoms with Gasteiger partial charge in [-0.05, 0) is 25.0 Å². The van der Waals surface area contributed by atoms with Gasteiger partial charge in [0.05, 0.1) is 4.92 Å². The second kappa shape index (κ2) is 8.10. The van der Waals surface area contributed by atoms with Gasteiger partial charge in [-0.2, -0.15) is 0 Å². The molecule has 0 aromatic heterocycles. The first-order valence-electron chi connectivity index (χ1n) is 7.77. The minimum atomic E-state index is -0.913. The van der Waals surface area contributed by atoms with Crippen molar-refractivity contribution in [3.8, 4) is 0 Å². The topological polar surface area (TPSA) is 89.8 Å². The van der Waals surface area contributed by atoms with Gasteiger partial charge >= 0.3 is 5.97 Å². The molecule has 1 aromatic rings. The zero-order valence-electron chi connectivity index (χ0n) is 13.4. The van der Waals surface area contributed by atoms with Gasteiger partial charge in [0, 0.05) is 24.2 Å². The molecule has 1 saturated carbocycles. The van der Waals surface area contributed by atoms with Gasteiger partial charge in [-0.15, -0.1) is 0 Å². The van der Waals surface area contributed by atoms with E-state index in [0.29, 0.717) is 0 Å². The summed E-state index contributed by atoms with van der Waals surface area (Å²) in [5, 5.41) is 11.1. The fourth-order valence-corrected chi connectivity index (χ4v) is 2.97. The molecule has 0 atom stereocenters. The molecule has 0 bridgehead atoms. The summed E-state index contributed by atoms with van der Waals surface area (Å²) in [6, 6.07) is 3.82. The SMILES string of the molecule is CN(C(=O)COC(=O)c1ccc(Cl)cc1[N+](=O)[O-])C1CCCCC1. The molecule has 1 aromatic carbocycles. The normalized spacial score (nSPS) is 14.9. The van der Waals surface area contributed by atoms with E-state index in [4.69, 9.17) is 16.3 Å². The third-order valence-electron chi connectivity index (χ3n) is 4.22. The molecule has 0 spiro atoms. The Morgan fingerprint density at radius 3 is 2.62 bits per heavy atom. The molecule has 1 aliphatic rings. The van der Waals surface area contributed by atoms with E-state index in [1.165, 1.54) is 18.6 Å². The van der Waals surface area contributed by atoms with Gasteiger partial charge in [0.2, 0.25) is 0 Å². The Balaban J connectivity index is 1.97. The van der Waals surface area contributed by atoms with Crippen LogP contribution in [0.25, 0.3) is 0 Å². The van der Waals surface area contributed by atoms with Gasteiger partial charge in [-0.25, -0.2) is 4.79 Å². The number of ether oxygens (including phenoxy) is 1. The fraction of sp³-hybridized carbons (Fsp3) is 0.500. The van der Waals surface area contributed by atoms with Crippen molar-refractivity contribution in [1.82, 2.24) is 4.90 Å². The van der Waals surface area contributed by atoms with Crippen molar-refractivity contribution in [1.29, 1.82) is 0 Å². The summed E-state index contributed by atoms with van der Waals surface area (Å²) in [6.45, 7) is -0.439. The molecule has 0 N–H and O–H groups in total. The van der Waals surface area contributed by atoms with Gasteiger partial charge in [0.1, 0.15) is 5.56 Å². The van der Waals surface area contributed by atoms with Gasteiger partial charge in [0.25, 0.3) is 11.6 Å². The predicted octanol–water partition coefficient (Wildman–Crippen LogP) is 3.20. The maximum absolute atomic E-state index is 12.1. The lowest BCUT2D eigenvalue weighted by atomic mass is 9.94. The standard InChI is InChI=1S/C16H19ClN2O5/c1-18(12-5-3-2-4-6-12)15(20)10-24-16(21)13-8-7-11(17)9-14(13)19(22)23/h7-9,12H,2-6,10H2,1H3. The molecular weight excluding hydrogens is 336 g/mol. The van der Waals surface area contributed by atoms with E-state index in [1.54, 1.807) is 11.9 Å². The summed E-state index contributed by atoms with van der Waals surface area (Å²) >= 11 is 5.70. The van der Waals surface area contributed by atoms with Crippen LogP contribution in [-0.2, 0) is 9.53 Å². The van der Waals surface area contributed by atoms with E-state index in [0.717, 1.165) is 31.7 Å². The number of amides is 1. The third kappa shape index (κ3) is 4.44. The zero-order chi connectivity index (χ0) is 17.7. The van der Waals surface area contributed by atoms with Crippen LogP contribution in [0, 0.1) is 10.1 Å². The van der Waals surface area contributed by atoms with Crippen LogP contribution in [0.15, 0.2) is 18.2 Å². The Morgan fingerprint density at radius 2 is 2.00 bits per heavy atom. The molecule has 2 rings (SSSR count). The summed E-state index contributed by atoms with van der Waals surface area (Å²) in [6.07, 6.45) is 5.23. The molecule has 1 aliphatic carbocycles. The number of carbonyl (C=O) groups excluding carboxylic acids is 2. The van der Waals surface area contributed by atoms with Crippen molar-refractivity contribution in [2.75, 3.05) is 13.7 Å². The Bertz CT molecular complexity index is 643. The average molecular weight is 355 g/mol. The minimum Gasteiger partial charge on any atom is -0.452 e. The smallest absolute Gasteiger partial charge is 0.345 e. The Morgan fingerprint density at radius 1 is 1.33 bits per heavy atom. The molecule has 0 unspecified atom stereocenters. The molecule has 1 amide bonds. The highest BCUT2D eigenvalue weighted by Gasteiger charge is 2.25. The number of carbonyl (C=O) groups is 2. The summed E-state index contributed by atoms with van der Waals surface area (Å²) < 4.78 is 4.95. The molecule has 130 valence electrons. The van der Waals surface area contributed by atoms with Gasteiger partial charge in [-0.1, -0.05) is 30.9 Å². The summed E-state index contributed by atoms with van der Waals surface area (Å²) in [7, 11) is 1.69. The van der Waals surface area contributed by atoms with Crippen LogP contribution in [0.3, 0.4) is 0 Å². The third-order valence-corrected chi connectivity index (χ3v) is 4.45. The molecule has 0 radical (unpaired) electrons. The Kier molecular flexibility index (Phi) is 6.14. The minimum absolute atomic E-state index is 0.145. The average Bonchev–Trinajstić information content (AvgIpc) is 2.59. The lowest BCUT2D eigenvalue weighted by Crippen LogP contribution is -2.40. The number of benzene rings is 1. The molecule has 0 heterocycles. The van der Waals surface area contributed by atoms with Gasteiger partial charge in [0.15, 0.2) is 6.61 Å². The van der Waals surface area contributed by atoms with E-state index < -0.39 is 23.2 Å².